The fourth-order valence-electron chi connectivity index (χ4n) is 3.77. The zero-order valence-electron chi connectivity index (χ0n) is 14.5. The Labute approximate surface area is 148 Å². The fourth-order valence-corrected chi connectivity index (χ4v) is 3.77. The van der Waals surface area contributed by atoms with E-state index in [9.17, 15) is 0 Å². The van der Waals surface area contributed by atoms with Crippen molar-refractivity contribution in [3.05, 3.63) is 47.8 Å². The van der Waals surface area contributed by atoms with Gasteiger partial charge in [0.2, 0.25) is 0 Å². The van der Waals surface area contributed by atoms with E-state index in [0.717, 1.165) is 40.9 Å². The van der Waals surface area contributed by atoms with Crippen molar-refractivity contribution in [3.8, 4) is 0 Å². The molecule has 1 fully saturated rings. The van der Waals surface area contributed by atoms with Crippen LogP contribution in [-0.2, 0) is 12.8 Å². The summed E-state index contributed by atoms with van der Waals surface area (Å²) in [5.41, 5.74) is 10.1. The second-order valence-electron chi connectivity index (χ2n) is 6.98. The standard InChI is InChI=1S/C20H25N5/c21-15-6-4-5-14(13-15)9-10-17-19-18(25-24-17)11-12-22-20(19)23-16-7-2-1-3-8-16/h4-6,11-13,16H,1-3,7-10,21H2,(H,22,23)(H,24,25). The molecule has 1 aliphatic rings. The summed E-state index contributed by atoms with van der Waals surface area (Å²) in [6.45, 7) is 0. The third-order valence-corrected chi connectivity index (χ3v) is 5.10. The molecule has 0 radical (unpaired) electrons. The van der Waals surface area contributed by atoms with Crippen LogP contribution in [-0.4, -0.2) is 21.2 Å². The molecular weight excluding hydrogens is 310 g/mol. The maximum atomic E-state index is 5.88. The number of H-pyrrole nitrogens is 1. The zero-order chi connectivity index (χ0) is 17.1. The lowest BCUT2D eigenvalue weighted by atomic mass is 9.95. The topological polar surface area (TPSA) is 79.6 Å². The number of rotatable bonds is 5. The Morgan fingerprint density at radius 2 is 2.00 bits per heavy atom. The molecule has 1 aliphatic carbocycles. The molecule has 5 heteroatoms. The van der Waals surface area contributed by atoms with E-state index >= 15 is 0 Å². The predicted molar refractivity (Wildman–Crippen MR) is 103 cm³/mol. The van der Waals surface area contributed by atoms with Gasteiger partial charge in [0.25, 0.3) is 0 Å². The number of nitrogens with zero attached hydrogens (tertiary/aromatic N) is 2. The molecule has 3 aromatic rings. The number of aryl methyl sites for hydroxylation is 2. The second kappa shape index (κ2) is 7.13. The number of nitrogens with two attached hydrogens (primary N) is 1. The lowest BCUT2D eigenvalue weighted by Crippen LogP contribution is -2.23. The highest BCUT2D eigenvalue weighted by Crippen LogP contribution is 2.27. The van der Waals surface area contributed by atoms with E-state index < -0.39 is 0 Å². The quantitative estimate of drug-likeness (QED) is 0.614. The van der Waals surface area contributed by atoms with Gasteiger partial charge in [-0.05, 0) is 49.4 Å². The van der Waals surface area contributed by atoms with Gasteiger partial charge in [0, 0.05) is 17.9 Å². The van der Waals surface area contributed by atoms with Crippen molar-refractivity contribution in [1.29, 1.82) is 0 Å². The number of benzene rings is 1. The number of pyridine rings is 1. The second-order valence-corrected chi connectivity index (χ2v) is 6.98. The Morgan fingerprint density at radius 1 is 1.12 bits per heavy atom. The number of anilines is 2. The van der Waals surface area contributed by atoms with Gasteiger partial charge < -0.3 is 11.1 Å². The maximum Gasteiger partial charge on any atom is 0.137 e. The van der Waals surface area contributed by atoms with E-state index in [4.69, 9.17) is 5.73 Å². The van der Waals surface area contributed by atoms with Gasteiger partial charge in [-0.3, -0.25) is 5.10 Å². The van der Waals surface area contributed by atoms with Crippen LogP contribution in [0.15, 0.2) is 36.5 Å². The fraction of sp³-hybridized carbons (Fsp3) is 0.400. The Bertz CT molecular complexity index is 848. The first-order valence-corrected chi connectivity index (χ1v) is 9.22. The van der Waals surface area contributed by atoms with Crippen LogP contribution in [0.2, 0.25) is 0 Å². The highest BCUT2D eigenvalue weighted by Gasteiger charge is 2.17. The molecule has 5 nitrogen and oxygen atoms in total. The molecule has 1 aromatic carbocycles. The van der Waals surface area contributed by atoms with Gasteiger partial charge in [0.1, 0.15) is 5.82 Å². The van der Waals surface area contributed by atoms with E-state index in [0.29, 0.717) is 6.04 Å². The van der Waals surface area contributed by atoms with Crippen molar-refractivity contribution >= 4 is 22.4 Å². The summed E-state index contributed by atoms with van der Waals surface area (Å²) >= 11 is 0. The summed E-state index contributed by atoms with van der Waals surface area (Å²) in [6.07, 6.45) is 10.1. The van der Waals surface area contributed by atoms with E-state index in [2.05, 4.69) is 26.6 Å². The van der Waals surface area contributed by atoms with Crippen LogP contribution in [0.5, 0.6) is 0 Å². The molecular formula is C20H25N5. The van der Waals surface area contributed by atoms with Gasteiger partial charge in [-0.2, -0.15) is 5.10 Å². The molecule has 2 heterocycles. The monoisotopic (exact) mass is 335 g/mol. The first-order chi connectivity index (χ1) is 12.3. The van der Waals surface area contributed by atoms with Crippen molar-refractivity contribution in [2.75, 3.05) is 11.1 Å². The summed E-state index contributed by atoms with van der Waals surface area (Å²) in [5.74, 6) is 0.973. The Balaban J connectivity index is 1.56. The van der Waals surface area contributed by atoms with Gasteiger partial charge in [-0.15, -0.1) is 0 Å². The van der Waals surface area contributed by atoms with Gasteiger partial charge in [0.05, 0.1) is 16.6 Å². The number of hydrogen-bond acceptors (Lipinski definition) is 4. The minimum Gasteiger partial charge on any atom is -0.399 e. The molecule has 4 N–H and O–H groups in total. The molecule has 0 atom stereocenters. The van der Waals surface area contributed by atoms with Crippen molar-refractivity contribution in [2.24, 2.45) is 0 Å². The van der Waals surface area contributed by atoms with Crippen molar-refractivity contribution in [3.63, 3.8) is 0 Å². The van der Waals surface area contributed by atoms with Crippen molar-refractivity contribution in [2.45, 2.75) is 51.0 Å². The zero-order valence-corrected chi connectivity index (χ0v) is 14.5. The number of nitrogen functional groups attached to an aromatic ring is 1. The largest absolute Gasteiger partial charge is 0.399 e. The lowest BCUT2D eigenvalue weighted by Gasteiger charge is -2.23. The van der Waals surface area contributed by atoms with Crippen LogP contribution in [0.25, 0.3) is 10.9 Å². The molecule has 1 saturated carbocycles. The van der Waals surface area contributed by atoms with Gasteiger partial charge >= 0.3 is 0 Å². The highest BCUT2D eigenvalue weighted by atomic mass is 15.1. The van der Waals surface area contributed by atoms with Crippen molar-refractivity contribution < 1.29 is 0 Å². The Morgan fingerprint density at radius 3 is 2.84 bits per heavy atom. The molecule has 0 bridgehead atoms. The number of fused-ring (bicyclic) bond motifs is 1. The third-order valence-electron chi connectivity index (χ3n) is 5.10. The van der Waals surface area contributed by atoms with E-state index in [1.54, 1.807) is 0 Å². The Kier molecular flexibility index (Phi) is 4.55. The maximum absolute atomic E-state index is 5.88. The average molecular weight is 335 g/mol. The van der Waals surface area contributed by atoms with Crippen LogP contribution < -0.4 is 11.1 Å². The van der Waals surface area contributed by atoms with E-state index in [1.807, 2.05) is 30.5 Å². The third kappa shape index (κ3) is 3.60. The van der Waals surface area contributed by atoms with E-state index in [-0.39, 0.29) is 0 Å². The van der Waals surface area contributed by atoms with Crippen LogP contribution in [0.1, 0.15) is 43.4 Å². The van der Waals surface area contributed by atoms with Gasteiger partial charge in [0.15, 0.2) is 0 Å². The Hall–Kier alpha value is -2.56. The average Bonchev–Trinajstić information content (AvgIpc) is 3.05. The van der Waals surface area contributed by atoms with Crippen LogP contribution in [0.3, 0.4) is 0 Å². The predicted octanol–water partition coefficient (Wildman–Crippen LogP) is 4.07. The lowest BCUT2D eigenvalue weighted by molar-refractivity contribution is 0.462. The number of hydrogen-bond donors (Lipinski definition) is 3. The van der Waals surface area contributed by atoms with Crippen molar-refractivity contribution in [1.82, 2.24) is 15.2 Å². The molecule has 4 rings (SSSR count). The normalized spacial score (nSPS) is 15.5. The first kappa shape index (κ1) is 15.9. The summed E-state index contributed by atoms with van der Waals surface area (Å²) in [5, 5.41) is 12.5. The summed E-state index contributed by atoms with van der Waals surface area (Å²) in [6, 6.07) is 10.6. The van der Waals surface area contributed by atoms with Gasteiger partial charge in [-0.25, -0.2) is 4.98 Å². The minimum atomic E-state index is 0.531. The molecule has 130 valence electrons. The molecule has 0 spiro atoms. The highest BCUT2D eigenvalue weighted by molar-refractivity contribution is 5.91. The number of aromatic amines is 1. The number of nitrogens with one attached hydrogen (secondary N) is 2. The van der Waals surface area contributed by atoms with Crippen LogP contribution >= 0.6 is 0 Å². The smallest absolute Gasteiger partial charge is 0.137 e. The molecule has 0 saturated heterocycles. The molecule has 25 heavy (non-hydrogen) atoms. The summed E-state index contributed by atoms with van der Waals surface area (Å²) < 4.78 is 0. The molecule has 0 aliphatic heterocycles. The molecule has 2 aromatic heterocycles. The summed E-state index contributed by atoms with van der Waals surface area (Å²) in [7, 11) is 0. The minimum absolute atomic E-state index is 0.531. The number of aromatic nitrogens is 3. The SMILES string of the molecule is Nc1cccc(CCc2n[nH]c3ccnc(NC4CCCCC4)c23)c1. The summed E-state index contributed by atoms with van der Waals surface area (Å²) in [4.78, 5) is 4.61. The van der Waals surface area contributed by atoms with Gasteiger partial charge in [-0.1, -0.05) is 31.4 Å². The van der Waals surface area contributed by atoms with Crippen LogP contribution in [0.4, 0.5) is 11.5 Å². The van der Waals surface area contributed by atoms with Crippen LogP contribution in [0, 0.1) is 0 Å². The van der Waals surface area contributed by atoms with E-state index in [1.165, 1.54) is 37.7 Å². The first-order valence-electron chi connectivity index (χ1n) is 9.22. The molecule has 0 unspecified atom stereocenters. The molecule has 0 amide bonds.